The summed E-state index contributed by atoms with van der Waals surface area (Å²) >= 11 is 0. The molecular weight excluding hydrogens is 144 g/mol. The van der Waals surface area contributed by atoms with Crippen LogP contribution in [0.15, 0.2) is 59.3 Å². The number of rotatable bonds is 0. The van der Waals surface area contributed by atoms with E-state index in [9.17, 15) is 0 Å². The predicted molar refractivity (Wildman–Crippen MR) is 52.8 cm³/mol. The van der Waals surface area contributed by atoms with Crippen LogP contribution in [0.5, 0.6) is 0 Å². The van der Waals surface area contributed by atoms with Crippen LogP contribution >= 0.6 is 0 Å². The van der Waals surface area contributed by atoms with Gasteiger partial charge in [-0.15, -0.1) is 0 Å². The van der Waals surface area contributed by atoms with E-state index in [4.69, 9.17) is 0 Å². The molecule has 0 aromatic heterocycles. The van der Waals surface area contributed by atoms with Gasteiger partial charge in [-0.3, -0.25) is 0 Å². The molecule has 2 aliphatic carbocycles. The van der Waals surface area contributed by atoms with Gasteiger partial charge >= 0.3 is 0 Å². The molecule has 2 rings (SSSR count). The van der Waals surface area contributed by atoms with E-state index in [1.807, 2.05) is 0 Å². The highest BCUT2D eigenvalue weighted by Gasteiger charge is 2.02. The van der Waals surface area contributed by atoms with E-state index in [0.29, 0.717) is 0 Å². The smallest absolute Gasteiger partial charge is 0.00257 e. The lowest BCUT2D eigenvalue weighted by atomic mass is 10.1. The van der Waals surface area contributed by atoms with Gasteiger partial charge in [0.2, 0.25) is 0 Å². The lowest BCUT2D eigenvalue weighted by molar-refractivity contribution is 1.22. The number of hydrogen-bond acceptors (Lipinski definition) is 0. The molecule has 0 amide bonds. The van der Waals surface area contributed by atoms with Gasteiger partial charge in [-0.1, -0.05) is 48.1 Å². The summed E-state index contributed by atoms with van der Waals surface area (Å²) in [5.74, 6) is 0. The highest BCUT2D eigenvalue weighted by molar-refractivity contribution is 5.45. The summed E-state index contributed by atoms with van der Waals surface area (Å²) in [4.78, 5) is 0. The minimum atomic E-state index is 1.07. The Labute approximate surface area is 73.3 Å². The average molecular weight is 156 g/mol. The zero-order valence-corrected chi connectivity index (χ0v) is 7.25. The van der Waals surface area contributed by atoms with Gasteiger partial charge in [0.1, 0.15) is 0 Å². The maximum Gasteiger partial charge on any atom is -0.00257 e. The van der Waals surface area contributed by atoms with E-state index in [1.165, 1.54) is 16.7 Å². The van der Waals surface area contributed by atoms with Crippen molar-refractivity contribution in [3.63, 3.8) is 0 Å². The van der Waals surface area contributed by atoms with Crippen molar-refractivity contribution >= 4 is 0 Å². The molecular formula is C12H12. The van der Waals surface area contributed by atoms with Gasteiger partial charge in [0, 0.05) is 0 Å². The van der Waals surface area contributed by atoms with Crippen molar-refractivity contribution < 1.29 is 0 Å². The zero-order chi connectivity index (χ0) is 8.39. The molecule has 2 bridgehead atoms. The summed E-state index contributed by atoms with van der Waals surface area (Å²) in [5.41, 5.74) is 4.13. The normalized spacial score (nSPS) is 20.6. The fraction of sp³-hybridized carbons (Fsp3) is 0.167. The standard InChI is InChI=1S/C12H12/c1-10-6-7-11-4-2-3-5-12(8-10)9-11/h2-8H,9H2,1H3. The summed E-state index contributed by atoms with van der Waals surface area (Å²) in [6, 6.07) is 0. The van der Waals surface area contributed by atoms with Crippen molar-refractivity contribution in [2.24, 2.45) is 0 Å². The molecule has 12 heavy (non-hydrogen) atoms. The minimum absolute atomic E-state index is 1.07. The Bertz CT molecular complexity index is 333. The fourth-order valence-corrected chi connectivity index (χ4v) is 1.50. The average Bonchev–Trinajstić information content (AvgIpc) is 2.35. The second kappa shape index (κ2) is 2.98. The Morgan fingerprint density at radius 2 is 1.75 bits per heavy atom. The van der Waals surface area contributed by atoms with Crippen LogP contribution < -0.4 is 0 Å². The van der Waals surface area contributed by atoms with Crippen molar-refractivity contribution in [2.45, 2.75) is 13.3 Å². The third-order valence-corrected chi connectivity index (χ3v) is 2.11. The van der Waals surface area contributed by atoms with Crippen LogP contribution in [0.3, 0.4) is 0 Å². The summed E-state index contributed by atoms with van der Waals surface area (Å²) < 4.78 is 0. The SMILES string of the molecule is CC1=CC2=CC=CC=C(C=C1)C2. The zero-order valence-electron chi connectivity index (χ0n) is 7.25. The van der Waals surface area contributed by atoms with Crippen LogP contribution in [-0.4, -0.2) is 0 Å². The van der Waals surface area contributed by atoms with Crippen LogP contribution in [0.4, 0.5) is 0 Å². The summed E-state index contributed by atoms with van der Waals surface area (Å²) in [7, 11) is 0. The van der Waals surface area contributed by atoms with Gasteiger partial charge < -0.3 is 0 Å². The van der Waals surface area contributed by atoms with Gasteiger partial charge in [0.05, 0.1) is 0 Å². The van der Waals surface area contributed by atoms with E-state index in [0.717, 1.165) is 6.42 Å². The maximum absolute atomic E-state index is 2.24. The third kappa shape index (κ3) is 1.48. The molecule has 2 aliphatic rings. The second-order valence-corrected chi connectivity index (χ2v) is 3.27. The number of hydrogen-bond donors (Lipinski definition) is 0. The largest absolute Gasteiger partial charge is 0.0620 e. The Morgan fingerprint density at radius 3 is 2.58 bits per heavy atom. The molecule has 0 spiro atoms. The van der Waals surface area contributed by atoms with Crippen LogP contribution in [0, 0.1) is 0 Å². The molecule has 0 atom stereocenters. The van der Waals surface area contributed by atoms with Crippen molar-refractivity contribution in [3.05, 3.63) is 59.3 Å². The summed E-state index contributed by atoms with van der Waals surface area (Å²) in [6.45, 7) is 2.14. The number of fused-ring (bicyclic) bond motifs is 2. The molecule has 0 aromatic rings. The van der Waals surface area contributed by atoms with Crippen molar-refractivity contribution in [3.8, 4) is 0 Å². The molecule has 0 fully saturated rings. The summed E-state index contributed by atoms with van der Waals surface area (Å²) in [6.07, 6.45) is 16.2. The lowest BCUT2D eigenvalue weighted by Crippen LogP contribution is -1.78. The predicted octanol–water partition coefficient (Wildman–Crippen LogP) is 3.32. The maximum atomic E-state index is 2.24. The molecule has 0 unspecified atom stereocenters. The Morgan fingerprint density at radius 1 is 1.00 bits per heavy atom. The Hall–Kier alpha value is -1.30. The molecule has 0 heterocycles. The number of allylic oxidation sites excluding steroid dienone is 10. The van der Waals surface area contributed by atoms with Gasteiger partial charge in [0.15, 0.2) is 0 Å². The second-order valence-electron chi connectivity index (χ2n) is 3.27. The molecule has 0 nitrogen and oxygen atoms in total. The van der Waals surface area contributed by atoms with Crippen molar-refractivity contribution in [2.75, 3.05) is 0 Å². The molecule has 0 heteroatoms. The first-order chi connectivity index (χ1) is 5.84. The topological polar surface area (TPSA) is 0 Å². The molecule has 0 saturated carbocycles. The first kappa shape index (κ1) is 7.35. The van der Waals surface area contributed by atoms with E-state index < -0.39 is 0 Å². The van der Waals surface area contributed by atoms with E-state index in [-0.39, 0.29) is 0 Å². The Balaban J connectivity index is 2.48. The minimum Gasteiger partial charge on any atom is -0.0620 e. The molecule has 0 radical (unpaired) electrons. The molecule has 0 aromatic carbocycles. The van der Waals surface area contributed by atoms with E-state index in [1.54, 1.807) is 0 Å². The van der Waals surface area contributed by atoms with Crippen LogP contribution in [0.2, 0.25) is 0 Å². The lowest BCUT2D eigenvalue weighted by Gasteiger charge is -1.97. The molecule has 0 saturated heterocycles. The van der Waals surface area contributed by atoms with E-state index >= 15 is 0 Å². The summed E-state index contributed by atoms with van der Waals surface area (Å²) in [5, 5.41) is 0. The first-order valence-corrected chi connectivity index (χ1v) is 4.27. The van der Waals surface area contributed by atoms with Crippen LogP contribution in [-0.2, 0) is 0 Å². The first-order valence-electron chi connectivity index (χ1n) is 4.27. The monoisotopic (exact) mass is 156 g/mol. The highest BCUT2D eigenvalue weighted by Crippen LogP contribution is 2.22. The van der Waals surface area contributed by atoms with Crippen molar-refractivity contribution in [1.82, 2.24) is 0 Å². The molecule has 0 aliphatic heterocycles. The Kier molecular flexibility index (Phi) is 1.83. The highest BCUT2D eigenvalue weighted by atomic mass is 14.1. The van der Waals surface area contributed by atoms with Crippen LogP contribution in [0.25, 0.3) is 0 Å². The third-order valence-electron chi connectivity index (χ3n) is 2.11. The quantitative estimate of drug-likeness (QED) is 0.504. The van der Waals surface area contributed by atoms with Gasteiger partial charge in [-0.2, -0.15) is 0 Å². The molecule has 0 N–H and O–H groups in total. The van der Waals surface area contributed by atoms with Gasteiger partial charge in [-0.05, 0) is 24.5 Å². The van der Waals surface area contributed by atoms with Gasteiger partial charge in [0.25, 0.3) is 0 Å². The van der Waals surface area contributed by atoms with Crippen LogP contribution in [0.1, 0.15) is 13.3 Å². The van der Waals surface area contributed by atoms with Crippen molar-refractivity contribution in [1.29, 1.82) is 0 Å². The van der Waals surface area contributed by atoms with E-state index in [2.05, 4.69) is 49.5 Å². The fourth-order valence-electron chi connectivity index (χ4n) is 1.50. The molecule has 60 valence electrons. The van der Waals surface area contributed by atoms with Gasteiger partial charge in [-0.25, -0.2) is 0 Å².